The van der Waals surface area contributed by atoms with E-state index >= 15 is 0 Å². The van der Waals surface area contributed by atoms with Crippen molar-refractivity contribution in [2.45, 2.75) is 41.5 Å². The van der Waals surface area contributed by atoms with Crippen molar-refractivity contribution in [2.24, 2.45) is 5.92 Å². The summed E-state index contributed by atoms with van der Waals surface area (Å²) < 4.78 is -0.0133. The van der Waals surface area contributed by atoms with E-state index in [1.165, 1.54) is 4.90 Å². The standard InChI is InChI=1S/C16H22N4O3S/c21-15(13-10-18-19-14(13)20(22)23)17-11-16(8-4-5-9-16)24-12-6-2-1-3-7-12/h1-3,6-7,13-14,18-19H,4-5,8-11H2,(H,17,21). The molecule has 1 saturated carbocycles. The summed E-state index contributed by atoms with van der Waals surface area (Å²) >= 11 is 1.81. The van der Waals surface area contributed by atoms with E-state index in [-0.39, 0.29) is 17.2 Å². The number of nitrogens with one attached hydrogen (secondary N) is 3. The lowest BCUT2D eigenvalue weighted by Gasteiger charge is -2.29. The highest BCUT2D eigenvalue weighted by molar-refractivity contribution is 8.00. The molecule has 1 aromatic carbocycles. The first kappa shape index (κ1) is 17.2. The molecular weight excluding hydrogens is 328 g/mol. The number of carbonyl (C=O) groups excluding carboxylic acids is 1. The molecule has 2 atom stereocenters. The Kier molecular flexibility index (Phi) is 5.37. The lowest BCUT2D eigenvalue weighted by molar-refractivity contribution is -0.532. The number of hydrogen-bond donors (Lipinski definition) is 3. The van der Waals surface area contributed by atoms with Gasteiger partial charge in [0.25, 0.3) is 6.17 Å². The summed E-state index contributed by atoms with van der Waals surface area (Å²) in [6.07, 6.45) is 3.34. The van der Waals surface area contributed by atoms with E-state index in [9.17, 15) is 14.9 Å². The van der Waals surface area contributed by atoms with Crippen LogP contribution in [0, 0.1) is 16.0 Å². The van der Waals surface area contributed by atoms with Crippen LogP contribution in [0.2, 0.25) is 0 Å². The van der Waals surface area contributed by atoms with Crippen molar-refractivity contribution in [1.29, 1.82) is 0 Å². The number of amides is 1. The van der Waals surface area contributed by atoms with Crippen molar-refractivity contribution < 1.29 is 9.72 Å². The Labute approximate surface area is 145 Å². The fourth-order valence-corrected chi connectivity index (χ4v) is 4.80. The zero-order valence-electron chi connectivity index (χ0n) is 13.4. The number of rotatable bonds is 6. The van der Waals surface area contributed by atoms with Crippen LogP contribution in [0.4, 0.5) is 0 Å². The predicted octanol–water partition coefficient (Wildman–Crippen LogP) is 1.53. The van der Waals surface area contributed by atoms with E-state index in [0.717, 1.165) is 25.7 Å². The third-order valence-corrected chi connectivity index (χ3v) is 6.19. The van der Waals surface area contributed by atoms with E-state index in [4.69, 9.17) is 0 Å². The molecule has 2 unspecified atom stereocenters. The summed E-state index contributed by atoms with van der Waals surface area (Å²) in [6.45, 7) is 0.822. The van der Waals surface area contributed by atoms with Gasteiger partial charge in [0, 0.05) is 27.7 Å². The fourth-order valence-electron chi connectivity index (χ4n) is 3.37. The van der Waals surface area contributed by atoms with Gasteiger partial charge in [-0.2, -0.15) is 5.43 Å². The summed E-state index contributed by atoms with van der Waals surface area (Å²) in [5, 5.41) is 14.0. The molecule has 3 N–H and O–H groups in total. The second kappa shape index (κ2) is 7.50. The van der Waals surface area contributed by atoms with E-state index in [0.29, 0.717) is 6.54 Å². The van der Waals surface area contributed by atoms with Crippen LogP contribution < -0.4 is 16.2 Å². The lowest BCUT2D eigenvalue weighted by Crippen LogP contribution is -2.47. The molecule has 2 fully saturated rings. The van der Waals surface area contributed by atoms with Gasteiger partial charge in [-0.05, 0) is 25.0 Å². The summed E-state index contributed by atoms with van der Waals surface area (Å²) in [6, 6.07) is 10.2. The topological polar surface area (TPSA) is 96.3 Å². The van der Waals surface area contributed by atoms with Crippen LogP contribution >= 0.6 is 11.8 Å². The van der Waals surface area contributed by atoms with E-state index in [1.807, 2.05) is 30.0 Å². The maximum Gasteiger partial charge on any atom is 0.290 e. The number of hydrogen-bond acceptors (Lipinski definition) is 6. The van der Waals surface area contributed by atoms with Gasteiger partial charge in [-0.15, -0.1) is 11.8 Å². The van der Waals surface area contributed by atoms with Crippen molar-refractivity contribution >= 4 is 17.7 Å². The number of nitrogens with zero attached hydrogens (tertiary/aromatic N) is 1. The average Bonchev–Trinajstić information content (AvgIpc) is 3.23. The first-order valence-electron chi connectivity index (χ1n) is 8.23. The van der Waals surface area contributed by atoms with E-state index in [1.54, 1.807) is 0 Å². The molecule has 1 amide bonds. The smallest absolute Gasteiger partial charge is 0.290 e. The van der Waals surface area contributed by atoms with Gasteiger partial charge >= 0.3 is 0 Å². The van der Waals surface area contributed by atoms with Crippen LogP contribution in [0.3, 0.4) is 0 Å². The highest BCUT2D eigenvalue weighted by atomic mass is 32.2. The Morgan fingerprint density at radius 1 is 1.33 bits per heavy atom. The number of thioether (sulfide) groups is 1. The molecule has 130 valence electrons. The molecule has 24 heavy (non-hydrogen) atoms. The van der Waals surface area contributed by atoms with Crippen molar-refractivity contribution in [3.05, 3.63) is 40.4 Å². The molecule has 1 aliphatic carbocycles. The molecule has 1 saturated heterocycles. The Hall–Kier alpha value is -1.64. The fraction of sp³-hybridized carbons (Fsp3) is 0.562. The third kappa shape index (κ3) is 3.88. The maximum atomic E-state index is 12.4. The first-order chi connectivity index (χ1) is 11.6. The largest absolute Gasteiger partial charge is 0.354 e. The van der Waals surface area contributed by atoms with E-state index in [2.05, 4.69) is 28.3 Å². The average molecular weight is 350 g/mol. The minimum absolute atomic E-state index is 0.0133. The Bertz CT molecular complexity index is 592. The first-order valence-corrected chi connectivity index (χ1v) is 9.05. The normalized spacial score (nSPS) is 25.5. The van der Waals surface area contributed by atoms with Gasteiger partial charge in [-0.25, -0.2) is 0 Å². The minimum Gasteiger partial charge on any atom is -0.354 e. The number of benzene rings is 1. The van der Waals surface area contributed by atoms with Gasteiger partial charge in [0.15, 0.2) is 0 Å². The molecule has 0 bridgehead atoms. The van der Waals surface area contributed by atoms with Gasteiger partial charge in [0.2, 0.25) is 5.91 Å². The quantitative estimate of drug-likeness (QED) is 0.532. The summed E-state index contributed by atoms with van der Waals surface area (Å²) in [7, 11) is 0. The molecule has 2 aliphatic rings. The van der Waals surface area contributed by atoms with Crippen LogP contribution in [0.15, 0.2) is 35.2 Å². The van der Waals surface area contributed by atoms with Gasteiger partial charge in [0.1, 0.15) is 5.92 Å². The number of carbonyl (C=O) groups is 1. The van der Waals surface area contributed by atoms with Crippen LogP contribution in [0.25, 0.3) is 0 Å². The molecule has 1 aliphatic heterocycles. The van der Waals surface area contributed by atoms with Gasteiger partial charge in [-0.3, -0.25) is 20.3 Å². The second-order valence-corrected chi connectivity index (χ2v) is 7.93. The zero-order chi connectivity index (χ0) is 17.0. The zero-order valence-corrected chi connectivity index (χ0v) is 14.2. The number of nitro groups is 1. The van der Waals surface area contributed by atoms with Crippen LogP contribution in [0.5, 0.6) is 0 Å². The van der Waals surface area contributed by atoms with Gasteiger partial charge in [0.05, 0.1) is 0 Å². The number of hydrazine groups is 1. The highest BCUT2D eigenvalue weighted by Gasteiger charge is 2.42. The van der Waals surface area contributed by atoms with Crippen molar-refractivity contribution in [3.63, 3.8) is 0 Å². The van der Waals surface area contributed by atoms with Gasteiger partial charge < -0.3 is 5.32 Å². The van der Waals surface area contributed by atoms with Gasteiger partial charge in [-0.1, -0.05) is 31.0 Å². The van der Waals surface area contributed by atoms with Crippen LogP contribution in [0.1, 0.15) is 25.7 Å². The maximum absolute atomic E-state index is 12.4. The highest BCUT2D eigenvalue weighted by Crippen LogP contribution is 2.44. The lowest BCUT2D eigenvalue weighted by atomic mass is 10.0. The van der Waals surface area contributed by atoms with Crippen molar-refractivity contribution in [3.8, 4) is 0 Å². The third-order valence-electron chi connectivity index (χ3n) is 4.69. The molecule has 0 aromatic heterocycles. The Morgan fingerprint density at radius 2 is 2.04 bits per heavy atom. The van der Waals surface area contributed by atoms with Crippen LogP contribution in [-0.2, 0) is 4.79 Å². The van der Waals surface area contributed by atoms with Crippen LogP contribution in [-0.4, -0.2) is 34.8 Å². The molecule has 0 radical (unpaired) electrons. The molecule has 1 aromatic rings. The second-order valence-electron chi connectivity index (χ2n) is 6.38. The Morgan fingerprint density at radius 3 is 2.71 bits per heavy atom. The Balaban J connectivity index is 1.62. The molecule has 0 spiro atoms. The SMILES string of the molecule is O=C(NCC1(Sc2ccccc2)CCCC1)C1CNNC1[N+](=O)[O-]. The van der Waals surface area contributed by atoms with Crippen molar-refractivity contribution in [2.75, 3.05) is 13.1 Å². The molecular formula is C16H22N4O3S. The molecule has 7 nitrogen and oxygen atoms in total. The molecule has 8 heteroatoms. The van der Waals surface area contributed by atoms with E-state index < -0.39 is 17.0 Å². The molecule has 3 rings (SSSR count). The van der Waals surface area contributed by atoms with Crippen molar-refractivity contribution in [1.82, 2.24) is 16.2 Å². The molecule has 1 heterocycles. The summed E-state index contributed by atoms with van der Waals surface area (Å²) in [4.78, 5) is 24.2. The summed E-state index contributed by atoms with van der Waals surface area (Å²) in [5.41, 5.74) is 5.25. The predicted molar refractivity (Wildman–Crippen MR) is 91.9 cm³/mol. The minimum atomic E-state index is -1.06. The summed E-state index contributed by atoms with van der Waals surface area (Å²) in [5.74, 6) is -0.936. The monoisotopic (exact) mass is 350 g/mol.